The SMILES string of the molecule is CCc1ccc(CNC(=O)N2CCC(c3ccnn3CCO)CC2)cc1. The Morgan fingerprint density at radius 1 is 1.19 bits per heavy atom. The molecule has 6 heteroatoms. The van der Waals surface area contributed by atoms with Gasteiger partial charge in [0, 0.05) is 37.4 Å². The lowest BCUT2D eigenvalue weighted by Gasteiger charge is -2.32. The zero-order valence-corrected chi connectivity index (χ0v) is 15.4. The van der Waals surface area contributed by atoms with Gasteiger partial charge in [0.15, 0.2) is 0 Å². The monoisotopic (exact) mass is 356 g/mol. The van der Waals surface area contributed by atoms with Crippen molar-refractivity contribution in [1.29, 1.82) is 0 Å². The van der Waals surface area contributed by atoms with Crippen molar-refractivity contribution in [2.45, 2.75) is 45.2 Å². The van der Waals surface area contributed by atoms with E-state index in [4.69, 9.17) is 5.11 Å². The molecule has 0 bridgehead atoms. The molecule has 1 aromatic carbocycles. The van der Waals surface area contributed by atoms with Gasteiger partial charge in [-0.3, -0.25) is 4.68 Å². The van der Waals surface area contributed by atoms with Crippen molar-refractivity contribution >= 4 is 6.03 Å². The fourth-order valence-corrected chi connectivity index (χ4v) is 3.53. The van der Waals surface area contributed by atoms with Crippen molar-refractivity contribution in [3.05, 3.63) is 53.3 Å². The summed E-state index contributed by atoms with van der Waals surface area (Å²) in [4.78, 5) is 14.3. The van der Waals surface area contributed by atoms with Crippen molar-refractivity contribution in [2.24, 2.45) is 0 Å². The van der Waals surface area contributed by atoms with E-state index in [0.717, 1.165) is 43.6 Å². The second-order valence-corrected chi connectivity index (χ2v) is 6.79. The Labute approximate surface area is 154 Å². The predicted octanol–water partition coefficient (Wildman–Crippen LogP) is 2.53. The van der Waals surface area contributed by atoms with E-state index < -0.39 is 0 Å². The van der Waals surface area contributed by atoms with Crippen LogP contribution in [0.1, 0.15) is 42.5 Å². The van der Waals surface area contributed by atoms with E-state index in [1.165, 1.54) is 5.56 Å². The van der Waals surface area contributed by atoms with E-state index in [0.29, 0.717) is 19.0 Å². The van der Waals surface area contributed by atoms with Crippen LogP contribution in [0.2, 0.25) is 0 Å². The van der Waals surface area contributed by atoms with E-state index in [1.54, 1.807) is 6.20 Å². The van der Waals surface area contributed by atoms with Crippen LogP contribution in [0.4, 0.5) is 4.79 Å². The summed E-state index contributed by atoms with van der Waals surface area (Å²) in [5.74, 6) is 0.398. The molecule has 1 aliphatic heterocycles. The molecule has 2 amide bonds. The fraction of sp³-hybridized carbons (Fsp3) is 0.500. The number of piperidine rings is 1. The number of urea groups is 1. The number of aromatic nitrogens is 2. The minimum atomic E-state index is 0.00637. The number of rotatable bonds is 6. The Kier molecular flexibility index (Phi) is 6.28. The van der Waals surface area contributed by atoms with E-state index >= 15 is 0 Å². The highest BCUT2D eigenvalue weighted by Gasteiger charge is 2.25. The van der Waals surface area contributed by atoms with Crippen molar-refractivity contribution in [3.8, 4) is 0 Å². The van der Waals surface area contributed by atoms with Crippen LogP contribution in [-0.4, -0.2) is 45.5 Å². The van der Waals surface area contributed by atoms with Crippen LogP contribution in [0, 0.1) is 0 Å². The lowest BCUT2D eigenvalue weighted by molar-refractivity contribution is 0.179. The topological polar surface area (TPSA) is 70.4 Å². The molecule has 0 spiro atoms. The maximum Gasteiger partial charge on any atom is 0.317 e. The first kappa shape index (κ1) is 18.5. The Morgan fingerprint density at radius 2 is 1.88 bits per heavy atom. The third kappa shape index (κ3) is 4.43. The number of aliphatic hydroxyl groups is 1. The molecule has 3 rings (SSSR count). The predicted molar refractivity (Wildman–Crippen MR) is 101 cm³/mol. The van der Waals surface area contributed by atoms with Gasteiger partial charge in [0.2, 0.25) is 0 Å². The maximum absolute atomic E-state index is 12.4. The molecule has 0 atom stereocenters. The number of benzene rings is 1. The molecule has 2 aromatic rings. The Morgan fingerprint density at radius 3 is 2.54 bits per heavy atom. The molecular formula is C20H28N4O2. The summed E-state index contributed by atoms with van der Waals surface area (Å²) in [7, 11) is 0. The number of nitrogens with one attached hydrogen (secondary N) is 1. The van der Waals surface area contributed by atoms with Crippen LogP contribution >= 0.6 is 0 Å². The van der Waals surface area contributed by atoms with Crippen LogP contribution in [0.15, 0.2) is 36.5 Å². The molecule has 1 fully saturated rings. The average Bonchev–Trinajstić information content (AvgIpc) is 3.15. The quantitative estimate of drug-likeness (QED) is 0.836. The summed E-state index contributed by atoms with van der Waals surface area (Å²) in [6, 6.07) is 10.4. The minimum absolute atomic E-state index is 0.00637. The van der Waals surface area contributed by atoms with Crippen molar-refractivity contribution in [2.75, 3.05) is 19.7 Å². The molecule has 0 saturated carbocycles. The van der Waals surface area contributed by atoms with E-state index in [9.17, 15) is 4.79 Å². The molecule has 2 N–H and O–H groups in total. The number of hydrogen-bond donors (Lipinski definition) is 2. The van der Waals surface area contributed by atoms with Gasteiger partial charge in [-0.15, -0.1) is 0 Å². The van der Waals surface area contributed by atoms with Gasteiger partial charge in [0.1, 0.15) is 0 Å². The van der Waals surface area contributed by atoms with Gasteiger partial charge in [0.25, 0.3) is 0 Å². The van der Waals surface area contributed by atoms with Crippen molar-refractivity contribution in [1.82, 2.24) is 20.0 Å². The molecular weight excluding hydrogens is 328 g/mol. The highest BCUT2D eigenvalue weighted by Crippen LogP contribution is 2.27. The Bertz CT molecular complexity index is 703. The van der Waals surface area contributed by atoms with Gasteiger partial charge in [-0.05, 0) is 36.5 Å². The number of carbonyl (C=O) groups excluding carboxylic acids is 1. The van der Waals surface area contributed by atoms with Gasteiger partial charge < -0.3 is 15.3 Å². The third-order valence-electron chi connectivity index (χ3n) is 5.14. The average molecular weight is 356 g/mol. The van der Waals surface area contributed by atoms with E-state index in [1.807, 2.05) is 15.6 Å². The number of amides is 2. The second kappa shape index (κ2) is 8.85. The number of aliphatic hydroxyl groups excluding tert-OH is 1. The van der Waals surface area contributed by atoms with Gasteiger partial charge in [-0.2, -0.15) is 5.10 Å². The maximum atomic E-state index is 12.4. The van der Waals surface area contributed by atoms with Gasteiger partial charge in [0.05, 0.1) is 13.2 Å². The third-order valence-corrected chi connectivity index (χ3v) is 5.14. The summed E-state index contributed by atoms with van der Waals surface area (Å²) in [6.45, 7) is 4.81. The standard InChI is InChI=1S/C20H28N4O2/c1-2-16-3-5-17(6-4-16)15-21-20(26)23-11-8-18(9-12-23)19-7-10-22-24(19)13-14-25/h3-7,10,18,25H,2,8-9,11-15H2,1H3,(H,21,26). The van der Waals surface area contributed by atoms with Gasteiger partial charge >= 0.3 is 6.03 Å². The lowest BCUT2D eigenvalue weighted by atomic mass is 9.93. The first-order valence-corrected chi connectivity index (χ1v) is 9.44. The highest BCUT2D eigenvalue weighted by atomic mass is 16.3. The summed E-state index contributed by atoms with van der Waals surface area (Å²) in [5, 5.41) is 16.4. The first-order valence-electron chi connectivity index (χ1n) is 9.44. The smallest absolute Gasteiger partial charge is 0.317 e. The summed E-state index contributed by atoms with van der Waals surface area (Å²) in [6.07, 6.45) is 4.66. The molecule has 6 nitrogen and oxygen atoms in total. The van der Waals surface area contributed by atoms with Crippen LogP contribution < -0.4 is 5.32 Å². The molecule has 2 heterocycles. The normalized spacial score (nSPS) is 15.2. The van der Waals surface area contributed by atoms with Gasteiger partial charge in [-0.25, -0.2) is 4.79 Å². The van der Waals surface area contributed by atoms with Crippen molar-refractivity contribution in [3.63, 3.8) is 0 Å². The number of likely N-dealkylation sites (tertiary alicyclic amines) is 1. The largest absolute Gasteiger partial charge is 0.394 e. The molecule has 1 aliphatic rings. The zero-order chi connectivity index (χ0) is 18.4. The number of aryl methyl sites for hydroxylation is 1. The number of hydrogen-bond acceptors (Lipinski definition) is 3. The highest BCUT2D eigenvalue weighted by molar-refractivity contribution is 5.74. The Balaban J connectivity index is 1.47. The molecule has 1 aromatic heterocycles. The van der Waals surface area contributed by atoms with Crippen molar-refractivity contribution < 1.29 is 9.90 Å². The molecule has 0 unspecified atom stereocenters. The first-order chi connectivity index (χ1) is 12.7. The molecule has 0 aliphatic carbocycles. The zero-order valence-electron chi connectivity index (χ0n) is 15.4. The van der Waals surface area contributed by atoms with E-state index in [2.05, 4.69) is 41.6 Å². The number of nitrogens with zero attached hydrogens (tertiary/aromatic N) is 3. The summed E-state index contributed by atoms with van der Waals surface area (Å²) < 4.78 is 1.88. The molecule has 0 radical (unpaired) electrons. The molecule has 1 saturated heterocycles. The van der Waals surface area contributed by atoms with Gasteiger partial charge in [-0.1, -0.05) is 31.2 Å². The number of carbonyl (C=O) groups is 1. The van der Waals surface area contributed by atoms with E-state index in [-0.39, 0.29) is 12.6 Å². The summed E-state index contributed by atoms with van der Waals surface area (Å²) in [5.41, 5.74) is 3.59. The van der Waals surface area contributed by atoms with Crippen LogP contribution in [-0.2, 0) is 19.5 Å². The van der Waals surface area contributed by atoms with Crippen LogP contribution in [0.25, 0.3) is 0 Å². The summed E-state index contributed by atoms with van der Waals surface area (Å²) >= 11 is 0. The fourth-order valence-electron chi connectivity index (χ4n) is 3.53. The Hall–Kier alpha value is -2.34. The lowest BCUT2D eigenvalue weighted by Crippen LogP contribution is -2.44. The van der Waals surface area contributed by atoms with Crippen LogP contribution in [0.3, 0.4) is 0 Å². The molecule has 26 heavy (non-hydrogen) atoms. The minimum Gasteiger partial charge on any atom is -0.394 e. The second-order valence-electron chi connectivity index (χ2n) is 6.79. The van der Waals surface area contributed by atoms with Crippen LogP contribution in [0.5, 0.6) is 0 Å². The molecule has 140 valence electrons.